The highest BCUT2D eigenvalue weighted by Gasteiger charge is 2.24. The fourth-order valence-electron chi connectivity index (χ4n) is 2.90. The molecule has 6 heteroatoms. The summed E-state index contributed by atoms with van der Waals surface area (Å²) in [6, 6.07) is 16.1. The Balaban J connectivity index is 2.39. The van der Waals surface area contributed by atoms with E-state index in [1.54, 1.807) is 48.5 Å². The Morgan fingerprint density at radius 1 is 0.731 bits per heavy atom. The minimum atomic E-state index is -1.22. The minimum absolute atomic E-state index is 0.0970. The van der Waals surface area contributed by atoms with E-state index in [0.29, 0.717) is 28.1 Å². The summed E-state index contributed by atoms with van der Waals surface area (Å²) in [6.07, 6.45) is 0. The Morgan fingerprint density at radius 2 is 1.42 bits per heavy atom. The molecule has 0 bridgehead atoms. The molecule has 0 heterocycles. The summed E-state index contributed by atoms with van der Waals surface area (Å²) in [7, 11) is 0. The highest BCUT2D eigenvalue weighted by atomic mass is 16.4. The first-order valence-electron chi connectivity index (χ1n) is 7.74. The molecule has 0 fully saturated rings. The van der Waals surface area contributed by atoms with E-state index in [9.17, 15) is 19.8 Å². The number of hydrogen-bond donors (Lipinski definition) is 4. The highest BCUT2D eigenvalue weighted by Crippen LogP contribution is 2.36. The van der Waals surface area contributed by atoms with E-state index in [0.717, 1.165) is 0 Å². The highest BCUT2D eigenvalue weighted by molar-refractivity contribution is 6.09. The van der Waals surface area contributed by atoms with Crippen molar-refractivity contribution in [2.45, 2.75) is 0 Å². The van der Waals surface area contributed by atoms with Gasteiger partial charge in [0.25, 0.3) is 0 Å². The first kappa shape index (κ1) is 17.0. The van der Waals surface area contributed by atoms with E-state index in [4.69, 9.17) is 11.5 Å². The average Bonchev–Trinajstić information content (AvgIpc) is 2.61. The topological polar surface area (TPSA) is 127 Å². The number of rotatable bonds is 4. The molecule has 6 N–H and O–H groups in total. The van der Waals surface area contributed by atoms with Gasteiger partial charge in [0.05, 0.1) is 11.1 Å². The zero-order valence-electron chi connectivity index (χ0n) is 13.6. The molecular formula is C20H16N2O4. The van der Waals surface area contributed by atoms with E-state index < -0.39 is 11.9 Å². The maximum atomic E-state index is 12.1. The van der Waals surface area contributed by atoms with Gasteiger partial charge >= 0.3 is 11.9 Å². The Labute approximate surface area is 149 Å². The molecule has 6 nitrogen and oxygen atoms in total. The molecule has 0 saturated carbocycles. The van der Waals surface area contributed by atoms with Gasteiger partial charge in [-0.25, -0.2) is 9.59 Å². The molecule has 0 atom stereocenters. The van der Waals surface area contributed by atoms with Crippen molar-refractivity contribution in [1.29, 1.82) is 0 Å². The molecule has 0 aliphatic heterocycles. The Hall–Kier alpha value is -3.80. The van der Waals surface area contributed by atoms with Crippen molar-refractivity contribution in [2.24, 2.45) is 0 Å². The van der Waals surface area contributed by atoms with Crippen LogP contribution in [0, 0.1) is 0 Å². The molecule has 130 valence electrons. The number of hydrogen-bond acceptors (Lipinski definition) is 4. The molecule has 3 rings (SSSR count). The molecule has 0 amide bonds. The van der Waals surface area contributed by atoms with Crippen LogP contribution in [0.1, 0.15) is 20.7 Å². The van der Waals surface area contributed by atoms with Gasteiger partial charge < -0.3 is 21.7 Å². The molecule has 0 saturated heterocycles. The van der Waals surface area contributed by atoms with Gasteiger partial charge in [-0.2, -0.15) is 0 Å². The van der Waals surface area contributed by atoms with Gasteiger partial charge in [0.1, 0.15) is 0 Å². The zero-order chi connectivity index (χ0) is 18.8. The van der Waals surface area contributed by atoms with Crippen LogP contribution in [0.4, 0.5) is 11.4 Å². The van der Waals surface area contributed by atoms with Gasteiger partial charge in [-0.15, -0.1) is 0 Å². The summed E-state index contributed by atoms with van der Waals surface area (Å²) in [4.78, 5) is 23.8. The van der Waals surface area contributed by atoms with Gasteiger partial charge in [0.2, 0.25) is 0 Å². The Kier molecular flexibility index (Phi) is 4.33. The number of carboxylic acid groups (broad SMARTS) is 2. The van der Waals surface area contributed by atoms with Crippen molar-refractivity contribution in [3.05, 3.63) is 71.8 Å². The van der Waals surface area contributed by atoms with Crippen molar-refractivity contribution in [3.8, 4) is 22.3 Å². The van der Waals surface area contributed by atoms with Gasteiger partial charge in [-0.1, -0.05) is 30.3 Å². The zero-order valence-corrected chi connectivity index (χ0v) is 13.6. The molecular weight excluding hydrogens is 332 g/mol. The normalized spacial score (nSPS) is 10.5. The number of carbonyl (C=O) groups is 2. The van der Waals surface area contributed by atoms with E-state index >= 15 is 0 Å². The number of nitrogen functional groups attached to an aromatic ring is 2. The van der Waals surface area contributed by atoms with Crippen molar-refractivity contribution in [3.63, 3.8) is 0 Å². The van der Waals surface area contributed by atoms with Crippen LogP contribution in [0.5, 0.6) is 0 Å². The molecule has 26 heavy (non-hydrogen) atoms. The fourth-order valence-corrected chi connectivity index (χ4v) is 2.90. The lowest BCUT2D eigenvalue weighted by molar-refractivity contribution is 0.0696. The number of anilines is 2. The van der Waals surface area contributed by atoms with Gasteiger partial charge in [0, 0.05) is 16.9 Å². The maximum Gasteiger partial charge on any atom is 0.336 e. The molecule has 0 spiro atoms. The number of carboxylic acids is 2. The first-order chi connectivity index (χ1) is 12.4. The Bertz CT molecular complexity index is 1010. The van der Waals surface area contributed by atoms with Crippen LogP contribution in [0.25, 0.3) is 22.3 Å². The maximum absolute atomic E-state index is 12.1. The molecule has 3 aromatic rings. The summed E-state index contributed by atoms with van der Waals surface area (Å²) in [5, 5.41) is 19.4. The summed E-state index contributed by atoms with van der Waals surface area (Å²) in [6.45, 7) is 0. The monoisotopic (exact) mass is 348 g/mol. The molecule has 0 aliphatic carbocycles. The van der Waals surface area contributed by atoms with Crippen LogP contribution in [-0.4, -0.2) is 22.2 Å². The number of nitrogens with two attached hydrogens (primary N) is 2. The molecule has 0 radical (unpaired) electrons. The predicted octanol–water partition coefficient (Wildman–Crippen LogP) is 3.58. The van der Waals surface area contributed by atoms with E-state index in [2.05, 4.69) is 0 Å². The van der Waals surface area contributed by atoms with E-state index in [1.165, 1.54) is 12.1 Å². The first-order valence-corrected chi connectivity index (χ1v) is 7.74. The van der Waals surface area contributed by atoms with Crippen LogP contribution < -0.4 is 11.5 Å². The van der Waals surface area contributed by atoms with Gasteiger partial charge in [0.15, 0.2) is 0 Å². The molecule has 3 aromatic carbocycles. The second kappa shape index (κ2) is 6.60. The smallest absolute Gasteiger partial charge is 0.336 e. The van der Waals surface area contributed by atoms with Crippen LogP contribution in [-0.2, 0) is 0 Å². The van der Waals surface area contributed by atoms with E-state index in [-0.39, 0.29) is 16.7 Å². The third-order valence-corrected chi connectivity index (χ3v) is 4.05. The Morgan fingerprint density at radius 3 is 2.00 bits per heavy atom. The molecule has 0 aromatic heterocycles. The SMILES string of the molecule is Nc1ccc(-c2c(C(=O)O)ccc(-c3cccc(N)c3)c2C(=O)O)cc1. The number of aromatic carboxylic acids is 2. The standard InChI is InChI=1S/C20H16N2O4/c21-13-6-4-11(5-7-13)17-16(19(23)24)9-8-15(18(17)20(25)26)12-2-1-3-14(22)10-12/h1-10H,21-22H2,(H,23,24)(H,25,26). The van der Waals surface area contributed by atoms with Crippen molar-refractivity contribution in [2.75, 3.05) is 11.5 Å². The van der Waals surface area contributed by atoms with Gasteiger partial charge in [-0.3, -0.25) is 0 Å². The summed E-state index contributed by atoms with van der Waals surface area (Å²) >= 11 is 0. The second-order valence-corrected chi connectivity index (χ2v) is 5.77. The summed E-state index contributed by atoms with van der Waals surface area (Å²) < 4.78 is 0. The lowest BCUT2D eigenvalue weighted by Crippen LogP contribution is -2.09. The van der Waals surface area contributed by atoms with Crippen LogP contribution in [0.3, 0.4) is 0 Å². The van der Waals surface area contributed by atoms with Crippen LogP contribution >= 0.6 is 0 Å². The van der Waals surface area contributed by atoms with Crippen LogP contribution in [0.2, 0.25) is 0 Å². The summed E-state index contributed by atoms with van der Waals surface area (Å²) in [5.41, 5.74) is 13.9. The molecule has 0 aliphatic rings. The second-order valence-electron chi connectivity index (χ2n) is 5.77. The van der Waals surface area contributed by atoms with Crippen molar-refractivity contribution >= 4 is 23.3 Å². The largest absolute Gasteiger partial charge is 0.478 e. The molecule has 0 unspecified atom stereocenters. The third kappa shape index (κ3) is 3.08. The lowest BCUT2D eigenvalue weighted by Gasteiger charge is -2.15. The number of benzene rings is 3. The van der Waals surface area contributed by atoms with E-state index in [1.807, 2.05) is 0 Å². The van der Waals surface area contributed by atoms with Crippen LogP contribution in [0.15, 0.2) is 60.7 Å². The van der Waals surface area contributed by atoms with Crippen molar-refractivity contribution in [1.82, 2.24) is 0 Å². The lowest BCUT2D eigenvalue weighted by atomic mass is 9.88. The van der Waals surface area contributed by atoms with Crippen molar-refractivity contribution < 1.29 is 19.8 Å². The quantitative estimate of drug-likeness (QED) is 0.534. The average molecular weight is 348 g/mol. The fraction of sp³-hybridized carbons (Fsp3) is 0. The van der Waals surface area contributed by atoms with Gasteiger partial charge in [-0.05, 0) is 47.0 Å². The third-order valence-electron chi connectivity index (χ3n) is 4.05. The summed E-state index contributed by atoms with van der Waals surface area (Å²) in [5.74, 6) is -2.43. The predicted molar refractivity (Wildman–Crippen MR) is 100 cm³/mol. The minimum Gasteiger partial charge on any atom is -0.478 e.